The maximum Gasteiger partial charge on any atom is 0.305 e. The molecule has 3 N–H and O–H groups in total. The number of unbranched alkanes of at least 4 members (excludes halogenated alkanes) is 6. The molecule has 0 spiro atoms. The van der Waals surface area contributed by atoms with E-state index in [1.807, 2.05) is 0 Å². The molecule has 1 saturated heterocycles. The molecule has 1 fully saturated rings. The highest BCUT2D eigenvalue weighted by Gasteiger charge is 2.46. The van der Waals surface area contributed by atoms with Crippen molar-refractivity contribution < 1.29 is 34.3 Å². The van der Waals surface area contributed by atoms with Gasteiger partial charge in [0.2, 0.25) is 0 Å². The molecule has 7 heteroatoms. The molecule has 368 valence electrons. The second kappa shape index (κ2) is 28.7. The Morgan fingerprint density at radius 3 is 1.74 bits per heavy atom. The molecule has 0 unspecified atom stereocenters. The molecule has 1 heterocycles. The molecule has 0 saturated carbocycles. The number of carbonyl (C=O) groups is 1. The fourth-order valence-electron chi connectivity index (χ4n) is 9.33. The first-order valence-electron chi connectivity index (χ1n) is 25.2. The number of rotatable bonds is 24. The fraction of sp³-hybridized carbons (Fsp3) is 0.610. The van der Waals surface area contributed by atoms with Gasteiger partial charge in [-0.15, -0.1) is 0 Å². The van der Waals surface area contributed by atoms with Crippen LogP contribution in [0.15, 0.2) is 130 Å². The van der Waals surface area contributed by atoms with Crippen molar-refractivity contribution >= 4 is 5.97 Å². The van der Waals surface area contributed by atoms with Gasteiger partial charge in [0, 0.05) is 6.42 Å². The molecule has 0 radical (unpaired) electrons. The second-order valence-electron chi connectivity index (χ2n) is 21.2. The summed E-state index contributed by atoms with van der Waals surface area (Å²) in [5.41, 5.74) is 10.2. The number of aliphatic hydroxyl groups excluding tert-OH is 3. The Balaban J connectivity index is 1.47. The lowest BCUT2D eigenvalue weighted by Gasteiger charge is -2.43. The molecule has 7 nitrogen and oxygen atoms in total. The molecule has 0 aromatic carbocycles. The van der Waals surface area contributed by atoms with E-state index in [1.54, 1.807) is 0 Å². The molecule has 0 amide bonds. The van der Waals surface area contributed by atoms with Gasteiger partial charge in [-0.3, -0.25) is 4.79 Å². The maximum absolute atomic E-state index is 12.5. The van der Waals surface area contributed by atoms with Crippen LogP contribution in [0.1, 0.15) is 173 Å². The zero-order valence-electron chi connectivity index (χ0n) is 43.2. The number of hydrogen-bond donors (Lipinski definition) is 3. The minimum absolute atomic E-state index is 0.220. The highest BCUT2D eigenvalue weighted by atomic mass is 16.7. The van der Waals surface area contributed by atoms with E-state index in [9.17, 15) is 20.1 Å². The van der Waals surface area contributed by atoms with E-state index in [0.717, 1.165) is 36.3 Å². The van der Waals surface area contributed by atoms with Gasteiger partial charge < -0.3 is 29.5 Å². The van der Waals surface area contributed by atoms with Gasteiger partial charge in [0.25, 0.3) is 0 Å². The number of hydrogen-bond acceptors (Lipinski definition) is 7. The third-order valence-electron chi connectivity index (χ3n) is 13.4. The number of esters is 1. The molecular weight excluding hydrogens is 821 g/mol. The molecule has 0 aromatic rings. The average molecular weight is 911 g/mol. The molecule has 0 aromatic heterocycles. The van der Waals surface area contributed by atoms with Crippen molar-refractivity contribution in [2.45, 2.75) is 210 Å². The predicted molar refractivity (Wildman–Crippen MR) is 276 cm³/mol. The summed E-state index contributed by atoms with van der Waals surface area (Å²) in [5.74, 6) is 0.404. The summed E-state index contributed by atoms with van der Waals surface area (Å²) < 4.78 is 17.7. The third-order valence-corrected chi connectivity index (χ3v) is 13.4. The molecular formula is C59H90O7. The lowest BCUT2D eigenvalue weighted by Crippen LogP contribution is -2.60. The van der Waals surface area contributed by atoms with Crippen LogP contribution < -0.4 is 0 Å². The van der Waals surface area contributed by atoms with Crippen LogP contribution in [0.2, 0.25) is 0 Å². The highest BCUT2D eigenvalue weighted by molar-refractivity contribution is 5.69. The average Bonchev–Trinajstić information content (AvgIpc) is 3.23. The Bertz CT molecular complexity index is 1890. The zero-order chi connectivity index (χ0) is 48.9. The zero-order valence-corrected chi connectivity index (χ0v) is 43.2. The van der Waals surface area contributed by atoms with E-state index in [1.165, 1.54) is 84.8 Å². The number of carbonyl (C=O) groups excluding carboxylic acids is 1. The third kappa shape index (κ3) is 20.3. The molecule has 0 bridgehead atoms. The van der Waals surface area contributed by atoms with Gasteiger partial charge in [-0.1, -0.05) is 205 Å². The minimum Gasteiger partial charge on any atom is -0.463 e. The van der Waals surface area contributed by atoms with Gasteiger partial charge in [-0.05, 0) is 108 Å². The summed E-state index contributed by atoms with van der Waals surface area (Å²) in [6, 6.07) is 0. The summed E-state index contributed by atoms with van der Waals surface area (Å²) in [5, 5.41) is 32.2. The number of aliphatic hydroxyl groups is 3. The SMILES string of the molecule is CC1=C(/C=C/C(C)=C/C=C/C(C)=C/C=C/C=C(C)/C=C/C=C(C)/C=C/C2=C(C)C[C@@H](O[C@@H]3O[C@H](COC(=O)CCCCCCCCCC(C)C)[C@@H](O)[C@H](O)[C@H]3O)CC2(C)C)C(C)(C)CCC1. The fourth-order valence-corrected chi connectivity index (χ4v) is 9.33. The number of ether oxygens (including phenoxy) is 3. The van der Waals surface area contributed by atoms with Crippen molar-refractivity contribution in [1.29, 1.82) is 0 Å². The monoisotopic (exact) mass is 911 g/mol. The van der Waals surface area contributed by atoms with Crippen molar-refractivity contribution in [2.24, 2.45) is 16.7 Å². The Hall–Kier alpha value is -3.59. The molecule has 6 atom stereocenters. The van der Waals surface area contributed by atoms with Crippen LogP contribution in [-0.4, -0.2) is 64.7 Å². The van der Waals surface area contributed by atoms with Gasteiger partial charge in [0.15, 0.2) is 6.29 Å². The summed E-state index contributed by atoms with van der Waals surface area (Å²) in [6.07, 6.45) is 37.6. The van der Waals surface area contributed by atoms with Crippen LogP contribution in [0.3, 0.4) is 0 Å². The molecule has 3 aliphatic rings. The van der Waals surface area contributed by atoms with Crippen LogP contribution in [0.5, 0.6) is 0 Å². The standard InChI is InChI=1S/C59H90O7/c1-42(2)25-18-16-14-13-15-17-19-33-53(60)64-41-52-54(61)55(62)56(63)57(66-52)65-49-39-48(8)51(59(11,12)40-49)37-35-46(6)31-23-29-44(4)27-21-20-26-43(3)28-22-30-45(5)34-36-50-47(7)32-24-38-58(50,9)10/h20-23,26-31,34-37,42,49,52,54-57,61-63H,13-19,24-25,32-33,38-41H2,1-12H3/b21-20+,28-22+,29-23+,36-34+,37-35+,43-26+,44-27+,45-30+,46-31+/t49-,52-,54-,55+,56-,57-/m1/s1. The first kappa shape index (κ1) is 56.7. The van der Waals surface area contributed by atoms with Crippen molar-refractivity contribution in [3.05, 3.63) is 130 Å². The lowest BCUT2D eigenvalue weighted by molar-refractivity contribution is -0.313. The van der Waals surface area contributed by atoms with E-state index in [4.69, 9.17) is 14.2 Å². The molecule has 66 heavy (non-hydrogen) atoms. The Kier molecular flexibility index (Phi) is 24.6. The highest BCUT2D eigenvalue weighted by Crippen LogP contribution is 2.43. The molecule has 2 aliphatic carbocycles. The Morgan fingerprint density at radius 1 is 0.682 bits per heavy atom. The van der Waals surface area contributed by atoms with E-state index in [0.29, 0.717) is 19.3 Å². The predicted octanol–water partition coefficient (Wildman–Crippen LogP) is 14.1. The topological polar surface area (TPSA) is 105 Å². The van der Waals surface area contributed by atoms with Crippen molar-refractivity contribution in [2.75, 3.05) is 6.61 Å². The second-order valence-corrected chi connectivity index (χ2v) is 21.2. The van der Waals surface area contributed by atoms with E-state index >= 15 is 0 Å². The van der Waals surface area contributed by atoms with E-state index in [2.05, 4.69) is 168 Å². The normalized spacial score (nSPS) is 26.2. The van der Waals surface area contributed by atoms with Gasteiger partial charge in [0.1, 0.15) is 31.0 Å². The summed E-state index contributed by atoms with van der Waals surface area (Å²) in [6.45, 7) is 26.2. The summed E-state index contributed by atoms with van der Waals surface area (Å²) >= 11 is 0. The van der Waals surface area contributed by atoms with Gasteiger partial charge in [0.05, 0.1) is 6.10 Å². The quantitative estimate of drug-likeness (QED) is 0.0503. The van der Waals surface area contributed by atoms with Gasteiger partial charge in [-0.25, -0.2) is 0 Å². The van der Waals surface area contributed by atoms with Gasteiger partial charge in [-0.2, -0.15) is 0 Å². The molecule has 1 aliphatic heterocycles. The minimum atomic E-state index is -1.49. The van der Waals surface area contributed by atoms with E-state index in [-0.39, 0.29) is 29.5 Å². The first-order chi connectivity index (χ1) is 31.2. The van der Waals surface area contributed by atoms with Crippen LogP contribution in [0.25, 0.3) is 0 Å². The first-order valence-corrected chi connectivity index (χ1v) is 25.2. The Morgan fingerprint density at radius 2 is 1.20 bits per heavy atom. The van der Waals surface area contributed by atoms with Crippen molar-refractivity contribution in [3.63, 3.8) is 0 Å². The maximum atomic E-state index is 12.5. The summed E-state index contributed by atoms with van der Waals surface area (Å²) in [7, 11) is 0. The van der Waals surface area contributed by atoms with Crippen molar-refractivity contribution in [1.82, 2.24) is 0 Å². The van der Waals surface area contributed by atoms with Crippen LogP contribution in [0.4, 0.5) is 0 Å². The van der Waals surface area contributed by atoms with Crippen LogP contribution in [0, 0.1) is 16.7 Å². The van der Waals surface area contributed by atoms with Crippen LogP contribution >= 0.6 is 0 Å². The number of allylic oxidation sites excluding steroid dienone is 21. The molecule has 3 rings (SSSR count). The van der Waals surface area contributed by atoms with E-state index < -0.39 is 30.7 Å². The summed E-state index contributed by atoms with van der Waals surface area (Å²) in [4.78, 5) is 12.5. The van der Waals surface area contributed by atoms with Crippen molar-refractivity contribution in [3.8, 4) is 0 Å². The van der Waals surface area contributed by atoms with Gasteiger partial charge >= 0.3 is 5.97 Å². The smallest absolute Gasteiger partial charge is 0.305 e. The Labute approximate surface area is 401 Å². The lowest BCUT2D eigenvalue weighted by atomic mass is 9.71. The largest absolute Gasteiger partial charge is 0.463 e. The van der Waals surface area contributed by atoms with Crippen LogP contribution in [-0.2, 0) is 19.0 Å².